The molecule has 0 aliphatic heterocycles. The van der Waals surface area contributed by atoms with Crippen molar-refractivity contribution in [2.45, 2.75) is 38.6 Å². The number of para-hydroxylation sites is 2. The minimum absolute atomic E-state index is 0.0265. The molecule has 1 amide bonds. The quantitative estimate of drug-likeness (QED) is 0.425. The molecule has 3 rings (SSSR count). The molecule has 0 saturated heterocycles. The van der Waals surface area contributed by atoms with Gasteiger partial charge >= 0.3 is 0 Å². The number of sulfonamides is 1. The molecule has 0 aromatic heterocycles. The van der Waals surface area contributed by atoms with E-state index in [1.165, 1.54) is 24.3 Å². The first-order valence-electron chi connectivity index (χ1n) is 11.0. The second-order valence-corrected chi connectivity index (χ2v) is 10.3. The average molecular weight is 501 g/mol. The van der Waals surface area contributed by atoms with Crippen LogP contribution in [0, 0.1) is 13.8 Å². The first-order chi connectivity index (χ1) is 16.1. The van der Waals surface area contributed by atoms with Crippen LogP contribution in [0.2, 0.25) is 5.02 Å². The summed E-state index contributed by atoms with van der Waals surface area (Å²) < 4.78 is 34.0. The van der Waals surface area contributed by atoms with Crippen LogP contribution in [0.15, 0.2) is 71.6 Å². The van der Waals surface area contributed by atoms with Gasteiger partial charge < -0.3 is 10.1 Å². The van der Waals surface area contributed by atoms with E-state index in [2.05, 4.69) is 5.32 Å². The Hall–Kier alpha value is -3.03. The molecule has 3 aromatic carbocycles. The Morgan fingerprint density at radius 1 is 1.06 bits per heavy atom. The Labute approximate surface area is 206 Å². The van der Waals surface area contributed by atoms with Gasteiger partial charge in [-0.2, -0.15) is 0 Å². The highest BCUT2D eigenvalue weighted by atomic mass is 35.5. The van der Waals surface area contributed by atoms with E-state index >= 15 is 0 Å². The lowest BCUT2D eigenvalue weighted by Gasteiger charge is -2.27. The molecule has 6 nitrogen and oxygen atoms in total. The number of benzene rings is 3. The second-order valence-electron chi connectivity index (χ2n) is 8.02. The number of amides is 1. The predicted octanol–water partition coefficient (Wildman–Crippen LogP) is 5.43. The maximum absolute atomic E-state index is 13.6. The monoisotopic (exact) mass is 500 g/mol. The fraction of sp³-hybridized carbons (Fsp3) is 0.269. The van der Waals surface area contributed by atoms with Crippen LogP contribution >= 0.6 is 11.6 Å². The number of rotatable bonds is 9. The molecule has 1 unspecified atom stereocenters. The maximum atomic E-state index is 13.6. The highest BCUT2D eigenvalue weighted by molar-refractivity contribution is 7.92. The summed E-state index contributed by atoms with van der Waals surface area (Å²) in [6.45, 7) is 7.60. The molecule has 0 bridgehead atoms. The minimum Gasteiger partial charge on any atom is -0.492 e. The smallest absolute Gasteiger partial charge is 0.264 e. The molecule has 0 aliphatic rings. The van der Waals surface area contributed by atoms with Crippen molar-refractivity contribution in [3.63, 3.8) is 0 Å². The van der Waals surface area contributed by atoms with Crippen molar-refractivity contribution >= 4 is 33.2 Å². The largest absolute Gasteiger partial charge is 0.492 e. The van der Waals surface area contributed by atoms with Crippen molar-refractivity contribution in [2.75, 3.05) is 17.5 Å². The van der Waals surface area contributed by atoms with Crippen LogP contribution < -0.4 is 14.4 Å². The summed E-state index contributed by atoms with van der Waals surface area (Å²) in [6.07, 6.45) is 0. The number of anilines is 1. The zero-order valence-corrected chi connectivity index (χ0v) is 21.3. The zero-order valence-electron chi connectivity index (χ0n) is 19.7. The Balaban J connectivity index is 1.96. The lowest BCUT2D eigenvalue weighted by molar-refractivity contribution is -0.120. The molecule has 0 fully saturated rings. The summed E-state index contributed by atoms with van der Waals surface area (Å²) >= 11 is 5.96. The molecular formula is C26H29ClN2O4S. The van der Waals surface area contributed by atoms with Crippen molar-refractivity contribution in [1.29, 1.82) is 0 Å². The van der Waals surface area contributed by atoms with Crippen LogP contribution in [0.5, 0.6) is 5.75 Å². The lowest BCUT2D eigenvalue weighted by Crippen LogP contribution is -2.41. The molecule has 8 heteroatoms. The fourth-order valence-corrected chi connectivity index (χ4v) is 5.25. The summed E-state index contributed by atoms with van der Waals surface area (Å²) in [7, 11) is -4.09. The van der Waals surface area contributed by atoms with Gasteiger partial charge in [0.15, 0.2) is 0 Å². The third-order valence-electron chi connectivity index (χ3n) is 5.40. The van der Waals surface area contributed by atoms with Gasteiger partial charge in [0.2, 0.25) is 5.91 Å². The van der Waals surface area contributed by atoms with Crippen LogP contribution in [0.3, 0.4) is 0 Å². The normalized spacial score (nSPS) is 12.1. The van der Waals surface area contributed by atoms with Crippen LogP contribution in [-0.2, 0) is 14.8 Å². The van der Waals surface area contributed by atoms with Gasteiger partial charge in [-0.3, -0.25) is 9.10 Å². The highest BCUT2D eigenvalue weighted by Crippen LogP contribution is 2.33. The highest BCUT2D eigenvalue weighted by Gasteiger charge is 2.30. The van der Waals surface area contributed by atoms with E-state index in [-0.39, 0.29) is 16.6 Å². The topological polar surface area (TPSA) is 75.7 Å². The Kier molecular flexibility index (Phi) is 8.23. The van der Waals surface area contributed by atoms with Gasteiger partial charge in [-0.1, -0.05) is 47.5 Å². The number of carbonyl (C=O) groups is 1. The van der Waals surface area contributed by atoms with Gasteiger partial charge in [-0.05, 0) is 75.2 Å². The predicted molar refractivity (Wildman–Crippen MR) is 136 cm³/mol. The average Bonchev–Trinajstić information content (AvgIpc) is 2.80. The van der Waals surface area contributed by atoms with Gasteiger partial charge in [0, 0.05) is 5.02 Å². The molecule has 0 spiro atoms. The molecule has 0 heterocycles. The van der Waals surface area contributed by atoms with Crippen LogP contribution in [-0.4, -0.2) is 27.5 Å². The van der Waals surface area contributed by atoms with Crippen molar-refractivity contribution in [1.82, 2.24) is 5.32 Å². The standard InChI is InChI=1S/C26H29ClN2O4S/c1-5-33-25-9-7-6-8-24(25)29(34(31,32)22-14-12-21(27)13-15-22)17-26(30)28-20(4)23-16-18(2)10-11-19(23)3/h6-16,20H,5,17H2,1-4H3,(H,28,30). The lowest BCUT2D eigenvalue weighted by atomic mass is 10.00. The molecule has 0 saturated carbocycles. The van der Waals surface area contributed by atoms with Gasteiger partial charge in [-0.25, -0.2) is 8.42 Å². The minimum atomic E-state index is -4.09. The maximum Gasteiger partial charge on any atom is 0.264 e. The molecule has 0 aliphatic carbocycles. The number of nitrogens with one attached hydrogen (secondary N) is 1. The Morgan fingerprint density at radius 3 is 2.41 bits per heavy atom. The fourth-order valence-electron chi connectivity index (χ4n) is 3.70. The van der Waals surface area contributed by atoms with Crippen molar-refractivity contribution in [3.8, 4) is 5.75 Å². The number of hydrogen-bond donors (Lipinski definition) is 1. The van der Waals surface area contributed by atoms with Crippen LogP contribution in [0.1, 0.15) is 36.6 Å². The summed E-state index contributed by atoms with van der Waals surface area (Å²) in [5.74, 6) is -0.0600. The van der Waals surface area contributed by atoms with E-state index in [0.29, 0.717) is 17.4 Å². The van der Waals surface area contributed by atoms with E-state index < -0.39 is 22.5 Å². The molecule has 180 valence electrons. The van der Waals surface area contributed by atoms with Gasteiger partial charge in [0.05, 0.1) is 23.2 Å². The summed E-state index contributed by atoms with van der Waals surface area (Å²) in [5, 5.41) is 3.36. The van der Waals surface area contributed by atoms with Gasteiger partial charge in [0.25, 0.3) is 10.0 Å². The second kappa shape index (κ2) is 10.9. The first-order valence-corrected chi connectivity index (χ1v) is 12.8. The Bertz CT molecular complexity index is 1260. The van der Waals surface area contributed by atoms with E-state index in [9.17, 15) is 13.2 Å². The van der Waals surface area contributed by atoms with Crippen LogP contribution in [0.4, 0.5) is 5.69 Å². The molecule has 1 atom stereocenters. The van der Waals surface area contributed by atoms with E-state index in [1.54, 1.807) is 24.3 Å². The molecule has 1 N–H and O–H groups in total. The van der Waals surface area contributed by atoms with Crippen molar-refractivity contribution < 1.29 is 17.9 Å². The number of ether oxygens (including phenoxy) is 1. The molecule has 34 heavy (non-hydrogen) atoms. The van der Waals surface area contributed by atoms with Gasteiger partial charge in [-0.15, -0.1) is 0 Å². The van der Waals surface area contributed by atoms with Crippen molar-refractivity contribution in [3.05, 3.63) is 88.4 Å². The van der Waals surface area contributed by atoms with Crippen molar-refractivity contribution in [2.24, 2.45) is 0 Å². The van der Waals surface area contributed by atoms with Gasteiger partial charge in [0.1, 0.15) is 12.3 Å². The summed E-state index contributed by atoms with van der Waals surface area (Å²) in [6, 6.07) is 18.4. The van der Waals surface area contributed by atoms with E-state index in [0.717, 1.165) is 21.0 Å². The SMILES string of the molecule is CCOc1ccccc1N(CC(=O)NC(C)c1cc(C)ccc1C)S(=O)(=O)c1ccc(Cl)cc1. The number of hydrogen-bond acceptors (Lipinski definition) is 4. The summed E-state index contributed by atoms with van der Waals surface area (Å²) in [4.78, 5) is 13.2. The molecule has 3 aromatic rings. The molecular weight excluding hydrogens is 472 g/mol. The molecule has 0 radical (unpaired) electrons. The number of nitrogens with zero attached hydrogens (tertiary/aromatic N) is 1. The number of carbonyl (C=O) groups excluding carboxylic acids is 1. The zero-order chi connectivity index (χ0) is 24.9. The third-order valence-corrected chi connectivity index (χ3v) is 7.43. The first kappa shape index (κ1) is 25.6. The van der Waals surface area contributed by atoms with E-state index in [4.69, 9.17) is 16.3 Å². The Morgan fingerprint density at radius 2 is 1.74 bits per heavy atom. The third kappa shape index (κ3) is 5.90. The van der Waals surface area contributed by atoms with Crippen LogP contribution in [0.25, 0.3) is 0 Å². The number of aryl methyl sites for hydroxylation is 2. The summed E-state index contributed by atoms with van der Waals surface area (Å²) in [5.41, 5.74) is 3.40. The number of halogens is 1. The van der Waals surface area contributed by atoms with E-state index in [1.807, 2.05) is 45.9 Å².